The van der Waals surface area contributed by atoms with Gasteiger partial charge in [-0.15, -0.1) is 11.3 Å². The average Bonchev–Trinajstić information content (AvgIpc) is 3.53. The van der Waals surface area contributed by atoms with Gasteiger partial charge in [0.25, 0.3) is 17.5 Å². The molecule has 12 heteroatoms. The van der Waals surface area contributed by atoms with E-state index in [2.05, 4.69) is 11.1 Å². The summed E-state index contributed by atoms with van der Waals surface area (Å²) in [6.07, 6.45) is -1.11. The number of rotatable bonds is 9. The van der Waals surface area contributed by atoms with E-state index in [4.69, 9.17) is 9.47 Å². The van der Waals surface area contributed by atoms with Gasteiger partial charge in [-0.1, -0.05) is 6.07 Å². The lowest BCUT2D eigenvalue weighted by molar-refractivity contribution is -0.384. The Morgan fingerprint density at radius 3 is 2.41 bits per heavy atom. The molecule has 1 aliphatic heterocycles. The van der Waals surface area contributed by atoms with Gasteiger partial charge in [0.2, 0.25) is 5.91 Å². The maximum absolute atomic E-state index is 13.6. The topological polar surface area (TPSA) is 132 Å². The molecule has 1 fully saturated rings. The maximum Gasteiger partial charge on any atom is 0.269 e. The standard InChI is InChI=1S/C29H26N4O7S/c1-17-4-13-22-24(14-17)41-27(30-22)18-5-9-20(10-6-18)32-25(34)15-23(29(32)36)31(16-26(39-2)40-3)28(35)19-7-11-21(12-8-19)33(37)38/h4-14,23,26H,15-16H2,1-3H3. The highest BCUT2D eigenvalue weighted by Gasteiger charge is 2.45. The van der Waals surface area contributed by atoms with Crippen LogP contribution in [-0.4, -0.2) is 65.6 Å². The van der Waals surface area contributed by atoms with Gasteiger partial charge in [0.15, 0.2) is 6.29 Å². The number of fused-ring (bicyclic) bond motifs is 1. The molecule has 2 heterocycles. The summed E-state index contributed by atoms with van der Waals surface area (Å²) in [5, 5.41) is 11.9. The first-order valence-corrected chi connectivity index (χ1v) is 13.5. The number of benzene rings is 3. The smallest absolute Gasteiger partial charge is 0.269 e. The van der Waals surface area contributed by atoms with Crippen molar-refractivity contribution in [3.8, 4) is 10.6 Å². The van der Waals surface area contributed by atoms with Crippen molar-refractivity contribution in [3.05, 3.63) is 88.0 Å². The summed E-state index contributed by atoms with van der Waals surface area (Å²) < 4.78 is 11.6. The van der Waals surface area contributed by atoms with Crippen LogP contribution >= 0.6 is 11.3 Å². The minimum absolute atomic E-state index is 0.121. The van der Waals surface area contributed by atoms with E-state index in [9.17, 15) is 24.5 Å². The number of non-ortho nitro benzene ring substituents is 1. The van der Waals surface area contributed by atoms with Crippen LogP contribution in [0.3, 0.4) is 0 Å². The SMILES string of the molecule is COC(CN(C(=O)c1ccc([N+](=O)[O-])cc1)C1CC(=O)N(c2ccc(-c3nc4ccc(C)cc4s3)cc2)C1=O)OC. The Labute approximate surface area is 239 Å². The summed E-state index contributed by atoms with van der Waals surface area (Å²) in [6, 6.07) is 16.9. The molecular weight excluding hydrogens is 548 g/mol. The molecule has 11 nitrogen and oxygen atoms in total. The van der Waals surface area contributed by atoms with E-state index in [0.717, 1.165) is 31.3 Å². The van der Waals surface area contributed by atoms with Gasteiger partial charge in [-0.2, -0.15) is 0 Å². The van der Waals surface area contributed by atoms with E-state index in [-0.39, 0.29) is 24.2 Å². The van der Waals surface area contributed by atoms with Crippen molar-refractivity contribution < 1.29 is 28.8 Å². The lowest BCUT2D eigenvalue weighted by atomic mass is 10.1. The third-order valence-electron chi connectivity index (χ3n) is 6.87. The molecule has 0 spiro atoms. The number of imide groups is 1. The molecule has 41 heavy (non-hydrogen) atoms. The third kappa shape index (κ3) is 5.57. The minimum atomic E-state index is -1.12. The van der Waals surface area contributed by atoms with Gasteiger partial charge in [0.1, 0.15) is 11.0 Å². The molecule has 3 aromatic carbocycles. The molecule has 1 saturated heterocycles. The summed E-state index contributed by atoms with van der Waals surface area (Å²) in [6.45, 7) is 1.88. The van der Waals surface area contributed by atoms with Crippen molar-refractivity contribution in [2.24, 2.45) is 0 Å². The molecule has 1 atom stereocenters. The summed E-state index contributed by atoms with van der Waals surface area (Å²) in [7, 11) is 2.79. The fourth-order valence-electron chi connectivity index (χ4n) is 4.69. The predicted molar refractivity (Wildman–Crippen MR) is 153 cm³/mol. The van der Waals surface area contributed by atoms with E-state index >= 15 is 0 Å². The first-order valence-electron chi connectivity index (χ1n) is 12.7. The van der Waals surface area contributed by atoms with Gasteiger partial charge in [-0.25, -0.2) is 9.88 Å². The summed E-state index contributed by atoms with van der Waals surface area (Å²) >= 11 is 1.56. The highest BCUT2D eigenvalue weighted by atomic mass is 32.1. The number of amides is 3. The minimum Gasteiger partial charge on any atom is -0.354 e. The number of nitro groups is 1. The largest absolute Gasteiger partial charge is 0.354 e. The molecule has 1 aliphatic rings. The van der Waals surface area contributed by atoms with Gasteiger partial charge in [0.05, 0.1) is 33.8 Å². The van der Waals surface area contributed by atoms with Gasteiger partial charge >= 0.3 is 0 Å². The first kappa shape index (κ1) is 28.0. The second-order valence-corrected chi connectivity index (χ2v) is 10.5. The number of methoxy groups -OCH3 is 2. The number of nitro benzene ring substituents is 1. The zero-order chi connectivity index (χ0) is 29.3. The molecule has 3 amide bonds. The van der Waals surface area contributed by atoms with Crippen molar-refractivity contribution in [1.82, 2.24) is 9.88 Å². The fourth-order valence-corrected chi connectivity index (χ4v) is 5.76. The Kier molecular flexibility index (Phi) is 7.88. The number of aromatic nitrogens is 1. The highest BCUT2D eigenvalue weighted by Crippen LogP contribution is 2.33. The van der Waals surface area contributed by atoms with Gasteiger partial charge in [0, 0.05) is 37.5 Å². The second kappa shape index (κ2) is 11.5. The third-order valence-corrected chi connectivity index (χ3v) is 7.94. The van der Waals surface area contributed by atoms with Crippen LogP contribution in [0.4, 0.5) is 11.4 Å². The zero-order valence-electron chi connectivity index (χ0n) is 22.5. The van der Waals surface area contributed by atoms with Crippen LogP contribution < -0.4 is 4.90 Å². The monoisotopic (exact) mass is 574 g/mol. The Hall–Kier alpha value is -4.52. The van der Waals surface area contributed by atoms with Crippen LogP contribution in [0.5, 0.6) is 0 Å². The quantitative estimate of drug-likeness (QED) is 0.123. The first-order chi connectivity index (χ1) is 19.7. The van der Waals surface area contributed by atoms with Crippen molar-refractivity contribution in [2.45, 2.75) is 25.7 Å². The number of anilines is 1. The Morgan fingerprint density at radius 1 is 1.10 bits per heavy atom. The molecule has 0 bridgehead atoms. The van der Waals surface area contributed by atoms with Crippen molar-refractivity contribution in [1.29, 1.82) is 0 Å². The van der Waals surface area contributed by atoms with Gasteiger partial charge in [-0.05, 0) is 61.0 Å². The van der Waals surface area contributed by atoms with E-state index in [1.165, 1.54) is 43.4 Å². The van der Waals surface area contributed by atoms with Crippen LogP contribution in [0, 0.1) is 17.0 Å². The highest BCUT2D eigenvalue weighted by molar-refractivity contribution is 7.21. The number of hydrogen-bond donors (Lipinski definition) is 0. The molecule has 1 aromatic heterocycles. The van der Waals surface area contributed by atoms with Gasteiger partial charge in [-0.3, -0.25) is 24.5 Å². The Morgan fingerprint density at radius 2 is 1.78 bits per heavy atom. The Bertz CT molecular complexity index is 1630. The second-order valence-electron chi connectivity index (χ2n) is 9.49. The maximum atomic E-state index is 13.6. The fraction of sp³-hybridized carbons (Fsp3) is 0.241. The van der Waals surface area contributed by atoms with E-state index < -0.39 is 35.0 Å². The number of thiazole rings is 1. The summed E-state index contributed by atoms with van der Waals surface area (Å²) in [4.78, 5) is 57.7. The molecule has 5 rings (SSSR count). The van der Waals surface area contributed by atoms with Crippen LogP contribution in [0.15, 0.2) is 66.7 Å². The van der Waals surface area contributed by atoms with Crippen LogP contribution in [0.2, 0.25) is 0 Å². The lowest BCUT2D eigenvalue weighted by Crippen LogP contribution is -2.49. The van der Waals surface area contributed by atoms with Crippen molar-refractivity contribution >= 4 is 50.6 Å². The number of carbonyl (C=O) groups excluding carboxylic acids is 3. The summed E-state index contributed by atoms with van der Waals surface area (Å²) in [5.41, 5.74) is 3.21. The molecule has 0 aliphatic carbocycles. The summed E-state index contributed by atoms with van der Waals surface area (Å²) in [5.74, 6) is -1.62. The molecular formula is C29H26N4O7S. The lowest BCUT2D eigenvalue weighted by Gasteiger charge is -2.30. The van der Waals surface area contributed by atoms with Crippen molar-refractivity contribution in [3.63, 3.8) is 0 Å². The molecule has 0 saturated carbocycles. The average molecular weight is 575 g/mol. The molecule has 0 radical (unpaired) electrons. The van der Waals surface area contributed by atoms with E-state index in [0.29, 0.717) is 5.69 Å². The predicted octanol–water partition coefficient (Wildman–Crippen LogP) is 4.57. The van der Waals surface area contributed by atoms with Crippen LogP contribution in [-0.2, 0) is 19.1 Å². The molecule has 1 unspecified atom stereocenters. The number of carbonyl (C=O) groups is 3. The zero-order valence-corrected chi connectivity index (χ0v) is 23.3. The van der Waals surface area contributed by atoms with E-state index in [1.54, 1.807) is 35.6 Å². The molecule has 210 valence electrons. The number of aryl methyl sites for hydroxylation is 1. The number of hydrogen-bond acceptors (Lipinski definition) is 9. The van der Waals surface area contributed by atoms with Crippen LogP contribution in [0.1, 0.15) is 22.3 Å². The van der Waals surface area contributed by atoms with Crippen molar-refractivity contribution in [2.75, 3.05) is 25.7 Å². The van der Waals surface area contributed by atoms with E-state index in [1.807, 2.05) is 19.1 Å². The van der Waals surface area contributed by atoms with Crippen LogP contribution in [0.25, 0.3) is 20.8 Å². The number of nitrogens with zero attached hydrogens (tertiary/aromatic N) is 4. The van der Waals surface area contributed by atoms with Gasteiger partial charge < -0.3 is 14.4 Å². The Balaban J connectivity index is 1.41. The molecule has 4 aromatic rings. The normalized spacial score (nSPS) is 15.2. The number of ether oxygens (including phenoxy) is 2. The molecule has 0 N–H and O–H groups in total.